The van der Waals surface area contributed by atoms with Gasteiger partial charge in [0.2, 0.25) is 5.91 Å². The standard InChI is InChI=1S/C9H17NO3/c1-2-5-8(9(12)10-13)6-3-4-7-11/h2,8,11,13H,1,3-7H2,(H,10,12). The van der Waals surface area contributed by atoms with Gasteiger partial charge in [0.1, 0.15) is 0 Å². The molecular formula is C9H17NO3. The van der Waals surface area contributed by atoms with E-state index in [1.54, 1.807) is 11.6 Å². The van der Waals surface area contributed by atoms with E-state index >= 15 is 0 Å². The first-order valence-corrected chi connectivity index (χ1v) is 4.42. The molecule has 0 saturated carbocycles. The SMILES string of the molecule is C=CCC(CCCCO)C(=O)NO. The van der Waals surface area contributed by atoms with Crippen LogP contribution in [0.2, 0.25) is 0 Å². The molecule has 0 aliphatic carbocycles. The van der Waals surface area contributed by atoms with Gasteiger partial charge in [-0.05, 0) is 19.3 Å². The van der Waals surface area contributed by atoms with Gasteiger partial charge in [0, 0.05) is 12.5 Å². The molecule has 0 bridgehead atoms. The number of rotatable bonds is 7. The minimum atomic E-state index is -0.377. The molecule has 1 amide bonds. The van der Waals surface area contributed by atoms with Crippen LogP contribution in [-0.4, -0.2) is 22.8 Å². The largest absolute Gasteiger partial charge is 0.396 e. The summed E-state index contributed by atoms with van der Waals surface area (Å²) in [5.74, 6) is -0.605. The van der Waals surface area contributed by atoms with Gasteiger partial charge in [-0.1, -0.05) is 12.5 Å². The highest BCUT2D eigenvalue weighted by Crippen LogP contribution is 2.13. The van der Waals surface area contributed by atoms with Crippen molar-refractivity contribution in [3.63, 3.8) is 0 Å². The second-order valence-corrected chi connectivity index (χ2v) is 2.92. The number of hydrogen-bond acceptors (Lipinski definition) is 3. The number of allylic oxidation sites excluding steroid dienone is 1. The van der Waals surface area contributed by atoms with Crippen molar-refractivity contribution in [2.45, 2.75) is 25.7 Å². The smallest absolute Gasteiger partial charge is 0.246 e. The minimum Gasteiger partial charge on any atom is -0.396 e. The second kappa shape index (κ2) is 7.76. The van der Waals surface area contributed by atoms with Gasteiger partial charge < -0.3 is 5.11 Å². The number of hydrogen-bond donors (Lipinski definition) is 3. The Morgan fingerprint density at radius 1 is 1.54 bits per heavy atom. The summed E-state index contributed by atoms with van der Waals surface area (Å²) in [6.07, 6.45) is 4.34. The van der Waals surface area contributed by atoms with Crippen molar-refractivity contribution in [1.29, 1.82) is 0 Å². The highest BCUT2D eigenvalue weighted by atomic mass is 16.5. The number of unbranched alkanes of at least 4 members (excludes halogenated alkanes) is 1. The first-order chi connectivity index (χ1) is 6.26. The van der Waals surface area contributed by atoms with Crippen LogP contribution in [0.15, 0.2) is 12.7 Å². The van der Waals surface area contributed by atoms with E-state index < -0.39 is 0 Å². The van der Waals surface area contributed by atoms with E-state index in [2.05, 4.69) is 6.58 Å². The van der Waals surface area contributed by atoms with Crippen LogP contribution in [-0.2, 0) is 4.79 Å². The molecule has 1 atom stereocenters. The average molecular weight is 187 g/mol. The zero-order valence-corrected chi connectivity index (χ0v) is 7.70. The Balaban J connectivity index is 3.79. The summed E-state index contributed by atoms with van der Waals surface area (Å²) in [6, 6.07) is 0. The van der Waals surface area contributed by atoms with Crippen molar-refractivity contribution < 1.29 is 15.1 Å². The molecule has 0 heterocycles. The van der Waals surface area contributed by atoms with Gasteiger partial charge in [0.05, 0.1) is 0 Å². The lowest BCUT2D eigenvalue weighted by atomic mass is 9.98. The van der Waals surface area contributed by atoms with Gasteiger partial charge in [0.25, 0.3) is 0 Å². The zero-order valence-electron chi connectivity index (χ0n) is 7.70. The summed E-state index contributed by atoms with van der Waals surface area (Å²) in [6.45, 7) is 3.67. The van der Waals surface area contributed by atoms with E-state index in [0.717, 1.165) is 6.42 Å². The van der Waals surface area contributed by atoms with E-state index in [0.29, 0.717) is 19.3 Å². The number of nitrogens with one attached hydrogen (secondary N) is 1. The molecular weight excluding hydrogens is 170 g/mol. The average Bonchev–Trinajstić information content (AvgIpc) is 2.16. The lowest BCUT2D eigenvalue weighted by molar-refractivity contribution is -0.133. The molecule has 0 rings (SSSR count). The van der Waals surface area contributed by atoms with Crippen LogP contribution < -0.4 is 5.48 Å². The third-order valence-corrected chi connectivity index (χ3v) is 1.89. The van der Waals surface area contributed by atoms with Gasteiger partial charge in [-0.25, -0.2) is 5.48 Å². The summed E-state index contributed by atoms with van der Waals surface area (Å²) < 4.78 is 0. The van der Waals surface area contributed by atoms with Crippen LogP contribution in [0.1, 0.15) is 25.7 Å². The molecule has 4 nitrogen and oxygen atoms in total. The number of carbonyl (C=O) groups is 1. The van der Waals surface area contributed by atoms with Crippen LogP contribution >= 0.6 is 0 Å². The van der Waals surface area contributed by atoms with Crippen molar-refractivity contribution in [2.24, 2.45) is 5.92 Å². The number of hydroxylamine groups is 1. The molecule has 0 radical (unpaired) electrons. The third-order valence-electron chi connectivity index (χ3n) is 1.89. The molecule has 0 aliphatic rings. The third kappa shape index (κ3) is 5.38. The Bertz CT molecular complexity index is 159. The van der Waals surface area contributed by atoms with Gasteiger partial charge >= 0.3 is 0 Å². The Kier molecular flexibility index (Phi) is 7.24. The first kappa shape index (κ1) is 12.1. The van der Waals surface area contributed by atoms with E-state index in [1.165, 1.54) is 0 Å². The minimum absolute atomic E-state index is 0.140. The summed E-state index contributed by atoms with van der Waals surface area (Å²) in [5.41, 5.74) is 1.63. The van der Waals surface area contributed by atoms with Crippen molar-refractivity contribution >= 4 is 5.91 Å². The lowest BCUT2D eigenvalue weighted by Gasteiger charge is -2.11. The number of aliphatic hydroxyl groups is 1. The molecule has 0 spiro atoms. The van der Waals surface area contributed by atoms with Crippen LogP contribution in [0.5, 0.6) is 0 Å². The Hall–Kier alpha value is -0.870. The number of aliphatic hydroxyl groups excluding tert-OH is 1. The maximum absolute atomic E-state index is 11.0. The predicted octanol–water partition coefficient (Wildman–Crippen LogP) is 0.847. The molecule has 13 heavy (non-hydrogen) atoms. The van der Waals surface area contributed by atoms with Gasteiger partial charge in [-0.3, -0.25) is 10.0 Å². The Morgan fingerprint density at radius 3 is 2.69 bits per heavy atom. The van der Waals surface area contributed by atoms with Crippen LogP contribution in [0.25, 0.3) is 0 Å². The molecule has 0 saturated heterocycles. The van der Waals surface area contributed by atoms with Crippen molar-refractivity contribution in [1.82, 2.24) is 5.48 Å². The summed E-state index contributed by atoms with van der Waals surface area (Å²) in [5, 5.41) is 16.9. The zero-order chi connectivity index (χ0) is 10.1. The Labute approximate surface area is 78.2 Å². The topological polar surface area (TPSA) is 69.6 Å². The molecule has 0 fully saturated rings. The molecule has 1 unspecified atom stereocenters. The molecule has 4 heteroatoms. The maximum atomic E-state index is 11.0. The second-order valence-electron chi connectivity index (χ2n) is 2.92. The summed E-state index contributed by atoms with van der Waals surface area (Å²) >= 11 is 0. The number of amides is 1. The monoisotopic (exact) mass is 187 g/mol. The maximum Gasteiger partial charge on any atom is 0.246 e. The van der Waals surface area contributed by atoms with Crippen LogP contribution in [0, 0.1) is 5.92 Å². The summed E-state index contributed by atoms with van der Waals surface area (Å²) in [7, 11) is 0. The normalized spacial score (nSPS) is 12.2. The fraction of sp³-hybridized carbons (Fsp3) is 0.667. The van der Waals surface area contributed by atoms with Crippen molar-refractivity contribution in [2.75, 3.05) is 6.61 Å². The fourth-order valence-corrected chi connectivity index (χ4v) is 1.15. The molecule has 76 valence electrons. The predicted molar refractivity (Wildman–Crippen MR) is 49.2 cm³/mol. The highest BCUT2D eigenvalue weighted by molar-refractivity contribution is 5.77. The lowest BCUT2D eigenvalue weighted by Crippen LogP contribution is -2.27. The molecule has 0 aromatic heterocycles. The van der Waals surface area contributed by atoms with E-state index in [9.17, 15) is 4.79 Å². The Morgan fingerprint density at radius 2 is 2.23 bits per heavy atom. The highest BCUT2D eigenvalue weighted by Gasteiger charge is 2.15. The van der Waals surface area contributed by atoms with Crippen molar-refractivity contribution in [3.8, 4) is 0 Å². The van der Waals surface area contributed by atoms with Gasteiger partial charge in [0.15, 0.2) is 0 Å². The first-order valence-electron chi connectivity index (χ1n) is 4.42. The van der Waals surface area contributed by atoms with E-state index in [4.69, 9.17) is 10.3 Å². The van der Waals surface area contributed by atoms with Gasteiger partial charge in [-0.2, -0.15) is 0 Å². The van der Waals surface area contributed by atoms with E-state index in [1.807, 2.05) is 0 Å². The molecule has 3 N–H and O–H groups in total. The molecule has 0 aromatic rings. The molecule has 0 aromatic carbocycles. The van der Waals surface area contributed by atoms with Gasteiger partial charge in [-0.15, -0.1) is 6.58 Å². The quantitative estimate of drug-likeness (QED) is 0.239. The summed E-state index contributed by atoms with van der Waals surface area (Å²) in [4.78, 5) is 11.0. The fourth-order valence-electron chi connectivity index (χ4n) is 1.15. The van der Waals surface area contributed by atoms with Crippen LogP contribution in [0.3, 0.4) is 0 Å². The number of carbonyl (C=O) groups excluding carboxylic acids is 1. The van der Waals surface area contributed by atoms with E-state index in [-0.39, 0.29) is 18.4 Å². The van der Waals surface area contributed by atoms with Crippen LogP contribution in [0.4, 0.5) is 0 Å². The molecule has 0 aliphatic heterocycles. The van der Waals surface area contributed by atoms with Crippen molar-refractivity contribution in [3.05, 3.63) is 12.7 Å².